The van der Waals surface area contributed by atoms with E-state index in [0.29, 0.717) is 0 Å². The zero-order valence-corrected chi connectivity index (χ0v) is 20.2. The lowest BCUT2D eigenvalue weighted by atomic mass is 10.1. The van der Waals surface area contributed by atoms with Gasteiger partial charge in [-0.1, -0.05) is 18.9 Å². The second kappa shape index (κ2) is 13.9. The third-order valence-corrected chi connectivity index (χ3v) is 5.17. The van der Waals surface area contributed by atoms with Crippen LogP contribution in [0.3, 0.4) is 0 Å². The molecule has 1 aromatic rings. The molecule has 7 heteroatoms. The highest BCUT2D eigenvalue weighted by Gasteiger charge is 2.11. The first-order valence-corrected chi connectivity index (χ1v) is 10.0. The number of aliphatic imine (C=N–C) groups is 1. The standard InChI is InChI=1S/C21H36N4O2.HI/c1-22-21(23-12-16-25-13-7-5-6-8-14-25)24(2)15-11-18-9-10-19(26-3)20(17-18)27-4;/h9-10,17H,5-8,11-16H2,1-4H3,(H,22,23);1H. The molecule has 2 rings (SSSR count). The minimum atomic E-state index is 0. The van der Waals surface area contributed by atoms with Crippen LogP contribution in [-0.2, 0) is 6.42 Å². The summed E-state index contributed by atoms with van der Waals surface area (Å²) in [5, 5.41) is 3.50. The van der Waals surface area contributed by atoms with Crippen molar-refractivity contribution < 1.29 is 9.47 Å². The Morgan fingerprint density at radius 2 is 1.79 bits per heavy atom. The molecule has 0 spiro atoms. The maximum Gasteiger partial charge on any atom is 0.193 e. The molecular formula is C21H37IN4O2. The average Bonchev–Trinajstić information content (AvgIpc) is 2.98. The Bertz CT molecular complexity index is 590. The van der Waals surface area contributed by atoms with E-state index in [1.54, 1.807) is 14.2 Å². The first kappa shape index (κ1) is 24.8. The van der Waals surface area contributed by atoms with Crippen molar-refractivity contribution in [2.45, 2.75) is 32.1 Å². The maximum absolute atomic E-state index is 5.39. The van der Waals surface area contributed by atoms with Crippen LogP contribution < -0.4 is 14.8 Å². The summed E-state index contributed by atoms with van der Waals surface area (Å²) >= 11 is 0. The lowest BCUT2D eigenvalue weighted by molar-refractivity contribution is 0.288. The lowest BCUT2D eigenvalue weighted by Crippen LogP contribution is -2.43. The summed E-state index contributed by atoms with van der Waals surface area (Å²) in [4.78, 5) is 9.18. The van der Waals surface area contributed by atoms with Gasteiger partial charge in [0, 0.05) is 33.7 Å². The van der Waals surface area contributed by atoms with E-state index >= 15 is 0 Å². The number of guanidine groups is 1. The van der Waals surface area contributed by atoms with Gasteiger partial charge < -0.3 is 24.6 Å². The molecule has 0 amide bonds. The molecule has 1 saturated heterocycles. The first-order valence-electron chi connectivity index (χ1n) is 10.0. The Morgan fingerprint density at radius 3 is 2.39 bits per heavy atom. The molecule has 1 aliphatic heterocycles. The Labute approximate surface area is 187 Å². The monoisotopic (exact) mass is 504 g/mol. The Kier molecular flexibility index (Phi) is 12.3. The minimum Gasteiger partial charge on any atom is -0.493 e. The molecule has 1 aromatic carbocycles. The topological polar surface area (TPSA) is 49.3 Å². The van der Waals surface area contributed by atoms with Crippen LogP contribution in [0.4, 0.5) is 0 Å². The van der Waals surface area contributed by atoms with Crippen LogP contribution in [0.25, 0.3) is 0 Å². The molecule has 1 aliphatic rings. The predicted molar refractivity (Wildman–Crippen MR) is 128 cm³/mol. The van der Waals surface area contributed by atoms with Crippen LogP contribution in [0.5, 0.6) is 11.5 Å². The van der Waals surface area contributed by atoms with Gasteiger partial charge in [0.1, 0.15) is 0 Å². The van der Waals surface area contributed by atoms with Crippen LogP contribution in [-0.4, -0.2) is 76.8 Å². The predicted octanol–water partition coefficient (Wildman–Crippen LogP) is 3.25. The zero-order valence-electron chi connectivity index (χ0n) is 17.9. The largest absolute Gasteiger partial charge is 0.493 e. The number of benzene rings is 1. The zero-order chi connectivity index (χ0) is 19.5. The summed E-state index contributed by atoms with van der Waals surface area (Å²) in [5.41, 5.74) is 1.22. The van der Waals surface area contributed by atoms with Crippen LogP contribution in [0.1, 0.15) is 31.2 Å². The number of nitrogens with zero attached hydrogens (tertiary/aromatic N) is 3. The lowest BCUT2D eigenvalue weighted by Gasteiger charge is -2.24. The van der Waals surface area contributed by atoms with E-state index in [0.717, 1.165) is 43.5 Å². The second-order valence-electron chi connectivity index (χ2n) is 7.09. The SMILES string of the molecule is CN=C(NCCN1CCCCCC1)N(C)CCc1ccc(OC)c(OC)c1.I. The number of rotatable bonds is 8. The van der Waals surface area contributed by atoms with E-state index < -0.39 is 0 Å². The van der Waals surface area contributed by atoms with Gasteiger partial charge in [0.25, 0.3) is 0 Å². The van der Waals surface area contributed by atoms with E-state index in [1.165, 1.54) is 44.3 Å². The van der Waals surface area contributed by atoms with Crippen molar-refractivity contribution in [1.29, 1.82) is 0 Å². The minimum absolute atomic E-state index is 0. The second-order valence-corrected chi connectivity index (χ2v) is 7.09. The molecular weight excluding hydrogens is 467 g/mol. The highest BCUT2D eigenvalue weighted by atomic mass is 127. The van der Waals surface area contributed by atoms with Crippen LogP contribution in [0, 0.1) is 0 Å². The molecule has 0 unspecified atom stereocenters. The van der Waals surface area contributed by atoms with E-state index in [9.17, 15) is 0 Å². The van der Waals surface area contributed by atoms with Crippen molar-refractivity contribution in [1.82, 2.24) is 15.1 Å². The normalized spacial score (nSPS) is 15.4. The fraction of sp³-hybridized carbons (Fsp3) is 0.667. The number of likely N-dealkylation sites (tertiary alicyclic amines) is 1. The molecule has 0 atom stereocenters. The van der Waals surface area contributed by atoms with Gasteiger partial charge >= 0.3 is 0 Å². The van der Waals surface area contributed by atoms with Gasteiger partial charge in [-0.25, -0.2) is 0 Å². The van der Waals surface area contributed by atoms with Crippen molar-refractivity contribution in [3.8, 4) is 11.5 Å². The molecule has 28 heavy (non-hydrogen) atoms. The molecule has 1 fully saturated rings. The number of ether oxygens (including phenoxy) is 2. The fourth-order valence-electron chi connectivity index (χ4n) is 3.51. The van der Waals surface area contributed by atoms with Crippen LogP contribution in [0.2, 0.25) is 0 Å². The quantitative estimate of drug-likeness (QED) is 0.335. The van der Waals surface area contributed by atoms with E-state index in [2.05, 4.69) is 33.2 Å². The molecule has 0 saturated carbocycles. The Balaban J connectivity index is 0.00000392. The number of halogens is 1. The summed E-state index contributed by atoms with van der Waals surface area (Å²) in [5.74, 6) is 2.49. The summed E-state index contributed by atoms with van der Waals surface area (Å²) in [6.45, 7) is 5.37. The molecule has 1 heterocycles. The van der Waals surface area contributed by atoms with Crippen molar-refractivity contribution >= 4 is 29.9 Å². The van der Waals surface area contributed by atoms with E-state index in [-0.39, 0.29) is 24.0 Å². The molecule has 0 aromatic heterocycles. The smallest absolute Gasteiger partial charge is 0.193 e. The molecule has 6 nitrogen and oxygen atoms in total. The maximum atomic E-state index is 5.39. The number of hydrogen-bond donors (Lipinski definition) is 1. The summed E-state index contributed by atoms with van der Waals surface area (Å²) in [6.07, 6.45) is 6.35. The average molecular weight is 504 g/mol. The van der Waals surface area contributed by atoms with Crippen LogP contribution >= 0.6 is 24.0 Å². The highest BCUT2D eigenvalue weighted by Crippen LogP contribution is 2.27. The van der Waals surface area contributed by atoms with Gasteiger partial charge in [0.15, 0.2) is 17.5 Å². The summed E-state index contributed by atoms with van der Waals surface area (Å²) < 4.78 is 10.7. The van der Waals surface area contributed by atoms with Crippen molar-refractivity contribution in [3.63, 3.8) is 0 Å². The van der Waals surface area contributed by atoms with Crippen molar-refractivity contribution in [2.24, 2.45) is 4.99 Å². The number of hydrogen-bond acceptors (Lipinski definition) is 4. The van der Waals surface area contributed by atoms with E-state index in [1.807, 2.05) is 19.2 Å². The van der Waals surface area contributed by atoms with Crippen LogP contribution in [0.15, 0.2) is 23.2 Å². The first-order chi connectivity index (χ1) is 13.2. The third-order valence-electron chi connectivity index (χ3n) is 5.17. The molecule has 0 radical (unpaired) electrons. The summed E-state index contributed by atoms with van der Waals surface area (Å²) in [7, 11) is 7.26. The molecule has 0 bridgehead atoms. The van der Waals surface area contributed by atoms with Gasteiger partial charge in [0.2, 0.25) is 0 Å². The fourth-order valence-corrected chi connectivity index (χ4v) is 3.51. The number of likely N-dealkylation sites (N-methyl/N-ethyl adjacent to an activating group) is 1. The van der Waals surface area contributed by atoms with Gasteiger partial charge in [0.05, 0.1) is 14.2 Å². The van der Waals surface area contributed by atoms with Crippen molar-refractivity contribution in [2.75, 3.05) is 61.0 Å². The molecule has 160 valence electrons. The number of methoxy groups -OCH3 is 2. The number of nitrogens with one attached hydrogen (secondary N) is 1. The molecule has 1 N–H and O–H groups in total. The van der Waals surface area contributed by atoms with Gasteiger partial charge in [-0.15, -0.1) is 24.0 Å². The Hall–Kier alpha value is -1.22. The van der Waals surface area contributed by atoms with Gasteiger partial charge in [-0.2, -0.15) is 0 Å². The van der Waals surface area contributed by atoms with Gasteiger partial charge in [-0.3, -0.25) is 4.99 Å². The molecule has 0 aliphatic carbocycles. The highest BCUT2D eigenvalue weighted by molar-refractivity contribution is 14.0. The Morgan fingerprint density at radius 1 is 1.11 bits per heavy atom. The van der Waals surface area contributed by atoms with Crippen molar-refractivity contribution in [3.05, 3.63) is 23.8 Å². The third kappa shape index (κ3) is 8.03. The summed E-state index contributed by atoms with van der Waals surface area (Å²) in [6, 6.07) is 6.09. The van der Waals surface area contributed by atoms with E-state index in [4.69, 9.17) is 9.47 Å². The van der Waals surface area contributed by atoms with Gasteiger partial charge in [-0.05, 0) is 50.0 Å².